The maximum Gasteiger partial charge on any atom is 0.326 e. The number of carboxylic acids is 1. The Balaban J connectivity index is 3.59. The molecule has 0 spiro atoms. The van der Waals surface area contributed by atoms with Crippen LogP contribution in [0.3, 0.4) is 0 Å². The molecule has 0 aliphatic rings. The highest BCUT2D eigenvalue weighted by Gasteiger charge is 2.30. The third-order valence-corrected chi connectivity index (χ3v) is 7.09. The summed E-state index contributed by atoms with van der Waals surface area (Å²) in [5.41, 5.74) is 5.91. The predicted octanol–water partition coefficient (Wildman–Crippen LogP) is 1.89. The van der Waals surface area contributed by atoms with Crippen molar-refractivity contribution in [2.45, 2.75) is 32.7 Å². The molecule has 10 nitrogen and oxygen atoms in total. The predicted molar refractivity (Wildman–Crippen MR) is 135 cm³/mol. The van der Waals surface area contributed by atoms with Crippen molar-refractivity contribution < 1.29 is 29.1 Å². The van der Waals surface area contributed by atoms with Crippen LogP contribution < -0.4 is 21.3 Å². The molecule has 4 amide bonds. The molecule has 1 atom stereocenters. The maximum atomic E-state index is 13.0. The van der Waals surface area contributed by atoms with Gasteiger partial charge in [0.15, 0.2) is 0 Å². The molecular weight excluding hydrogens is 737 g/mol. The molecule has 0 fully saturated rings. The third kappa shape index (κ3) is 6.63. The van der Waals surface area contributed by atoms with Gasteiger partial charge in [-0.05, 0) is 74.2 Å². The van der Waals surface area contributed by atoms with Crippen LogP contribution >= 0.6 is 67.8 Å². The molecule has 1 aromatic rings. The van der Waals surface area contributed by atoms with Crippen molar-refractivity contribution in [3.8, 4) is 0 Å². The highest BCUT2D eigenvalue weighted by Crippen LogP contribution is 2.40. The van der Waals surface area contributed by atoms with Crippen molar-refractivity contribution in [3.63, 3.8) is 0 Å². The number of aliphatic carboxylic acids is 1. The van der Waals surface area contributed by atoms with E-state index in [4.69, 9.17) is 5.73 Å². The zero-order chi connectivity index (χ0) is 23.3. The van der Waals surface area contributed by atoms with Gasteiger partial charge in [0, 0.05) is 27.3 Å². The first kappa shape index (κ1) is 26.8. The lowest BCUT2D eigenvalue weighted by Gasteiger charge is -2.25. The quantitative estimate of drug-likeness (QED) is 0.297. The largest absolute Gasteiger partial charge is 0.480 e. The van der Waals surface area contributed by atoms with Crippen molar-refractivity contribution in [2.24, 2.45) is 5.73 Å². The van der Waals surface area contributed by atoms with Crippen LogP contribution in [-0.4, -0.2) is 47.8 Å². The van der Waals surface area contributed by atoms with E-state index in [-0.39, 0.29) is 30.2 Å². The first-order chi connectivity index (χ1) is 13.8. The van der Waals surface area contributed by atoms with E-state index < -0.39 is 23.8 Å². The van der Waals surface area contributed by atoms with Crippen molar-refractivity contribution in [1.29, 1.82) is 0 Å². The van der Waals surface area contributed by atoms with Crippen LogP contribution in [0.4, 0.5) is 11.4 Å². The number of carboxylic acid groups (broad SMARTS) is 1. The summed E-state index contributed by atoms with van der Waals surface area (Å²) in [6.07, 6.45) is -0.389. The minimum atomic E-state index is -1.34. The number of amides is 4. The average molecular weight is 756 g/mol. The van der Waals surface area contributed by atoms with Gasteiger partial charge >= 0.3 is 5.97 Å². The summed E-state index contributed by atoms with van der Waals surface area (Å²) in [6.45, 7) is 2.66. The summed E-state index contributed by atoms with van der Waals surface area (Å²) in [7, 11) is 1.53. The molecule has 0 bridgehead atoms. The van der Waals surface area contributed by atoms with Crippen LogP contribution in [-0.2, 0) is 19.2 Å². The van der Waals surface area contributed by atoms with Crippen LogP contribution in [0.5, 0.6) is 0 Å². The van der Waals surface area contributed by atoms with Gasteiger partial charge in [-0.1, -0.05) is 0 Å². The van der Waals surface area contributed by atoms with Gasteiger partial charge in [-0.25, -0.2) is 4.79 Å². The number of nitrogens with zero attached hydrogens (tertiary/aromatic N) is 1. The molecule has 0 aliphatic carbocycles. The van der Waals surface area contributed by atoms with E-state index in [1.54, 1.807) is 0 Å². The van der Waals surface area contributed by atoms with Crippen LogP contribution in [0.15, 0.2) is 0 Å². The average Bonchev–Trinajstić information content (AvgIpc) is 2.61. The molecule has 0 aliphatic heterocycles. The third-order valence-electron chi connectivity index (χ3n) is 3.91. The molecular formula is C17H19I3N4O6. The fourth-order valence-electron chi connectivity index (χ4n) is 2.36. The Kier molecular flexibility index (Phi) is 10.2. The second-order valence-electron chi connectivity index (χ2n) is 6.17. The maximum absolute atomic E-state index is 13.0. The fourth-order valence-corrected chi connectivity index (χ4v) is 7.01. The van der Waals surface area contributed by atoms with Crippen LogP contribution in [0.2, 0.25) is 0 Å². The molecule has 164 valence electrons. The standard InChI is InChI=1S/C17H19I3N4O6/c1-6(25)22-14-11(18)10(12(19)15(13(14)20)24(3)7(2)26)16(28)23-8(17(29)30)4-5-9(21)27/h8H,4-5H2,1-3H3,(H2,21,27)(H,22,25)(H,23,28)(H,29,30)/t8-/m1/s1. The number of nitrogens with one attached hydrogen (secondary N) is 2. The minimum Gasteiger partial charge on any atom is -0.480 e. The molecule has 1 rings (SSSR count). The van der Waals surface area contributed by atoms with Gasteiger partial charge in [-0.2, -0.15) is 0 Å². The Morgan fingerprint density at radius 1 is 1.07 bits per heavy atom. The number of carbonyl (C=O) groups excluding carboxylic acids is 4. The zero-order valence-corrected chi connectivity index (χ0v) is 22.6. The molecule has 0 unspecified atom stereocenters. The number of primary amides is 1. The van der Waals surface area contributed by atoms with Crippen LogP contribution in [0.1, 0.15) is 37.0 Å². The Morgan fingerprint density at radius 3 is 2.07 bits per heavy atom. The van der Waals surface area contributed by atoms with E-state index in [2.05, 4.69) is 10.6 Å². The zero-order valence-electron chi connectivity index (χ0n) is 16.1. The normalized spacial score (nSPS) is 11.4. The van der Waals surface area contributed by atoms with E-state index in [1.165, 1.54) is 25.8 Å². The highest BCUT2D eigenvalue weighted by molar-refractivity contribution is 14.1. The number of hydrogen-bond acceptors (Lipinski definition) is 5. The van der Waals surface area contributed by atoms with Crippen molar-refractivity contribution in [3.05, 3.63) is 16.3 Å². The lowest BCUT2D eigenvalue weighted by atomic mass is 10.1. The van der Waals surface area contributed by atoms with Crippen molar-refractivity contribution in [1.82, 2.24) is 5.32 Å². The van der Waals surface area contributed by atoms with Gasteiger partial charge in [0.2, 0.25) is 17.7 Å². The Morgan fingerprint density at radius 2 is 1.63 bits per heavy atom. The second-order valence-corrected chi connectivity index (χ2v) is 9.41. The van der Waals surface area contributed by atoms with E-state index in [1.807, 2.05) is 67.8 Å². The summed E-state index contributed by atoms with van der Waals surface area (Å²) in [5, 5.41) is 14.4. The van der Waals surface area contributed by atoms with E-state index in [0.29, 0.717) is 22.1 Å². The number of rotatable bonds is 8. The van der Waals surface area contributed by atoms with E-state index >= 15 is 0 Å². The summed E-state index contributed by atoms with van der Waals surface area (Å²) >= 11 is 5.76. The lowest BCUT2D eigenvalue weighted by Crippen LogP contribution is -2.42. The molecule has 0 radical (unpaired) electrons. The monoisotopic (exact) mass is 756 g/mol. The second kappa shape index (κ2) is 11.4. The molecule has 1 aromatic carbocycles. The lowest BCUT2D eigenvalue weighted by molar-refractivity contribution is -0.139. The fraction of sp³-hybridized carbons (Fsp3) is 0.353. The van der Waals surface area contributed by atoms with Gasteiger partial charge in [0.05, 0.1) is 27.6 Å². The SMILES string of the molecule is CC(=O)Nc1c(I)c(C(=O)N[C@H](CCC(N)=O)C(=O)O)c(I)c(N(C)C(C)=O)c1I. The van der Waals surface area contributed by atoms with Crippen molar-refractivity contribution in [2.75, 3.05) is 17.3 Å². The smallest absolute Gasteiger partial charge is 0.326 e. The van der Waals surface area contributed by atoms with Gasteiger partial charge in [0.1, 0.15) is 6.04 Å². The number of hydrogen-bond donors (Lipinski definition) is 4. The first-order valence-corrected chi connectivity index (χ1v) is 11.6. The molecule has 30 heavy (non-hydrogen) atoms. The summed E-state index contributed by atoms with van der Waals surface area (Å²) < 4.78 is 1.34. The number of benzene rings is 1. The van der Waals surface area contributed by atoms with Gasteiger partial charge in [-0.3, -0.25) is 19.2 Å². The van der Waals surface area contributed by atoms with E-state index in [9.17, 15) is 29.1 Å². The molecule has 0 heterocycles. The number of nitrogens with two attached hydrogens (primary N) is 1. The number of anilines is 2. The van der Waals surface area contributed by atoms with E-state index in [0.717, 1.165) is 0 Å². The molecule has 0 aromatic heterocycles. The number of carbonyl (C=O) groups is 5. The Bertz CT molecular complexity index is 921. The highest BCUT2D eigenvalue weighted by atomic mass is 127. The van der Waals surface area contributed by atoms with Gasteiger partial charge < -0.3 is 26.4 Å². The van der Waals surface area contributed by atoms with Crippen LogP contribution in [0, 0.1) is 10.7 Å². The molecule has 0 saturated carbocycles. The summed E-state index contributed by atoms with van der Waals surface area (Å²) in [4.78, 5) is 60.5. The molecule has 13 heteroatoms. The summed E-state index contributed by atoms with van der Waals surface area (Å²) in [5.74, 6) is -3.39. The first-order valence-electron chi connectivity index (χ1n) is 8.33. The van der Waals surface area contributed by atoms with Gasteiger partial charge in [-0.15, -0.1) is 0 Å². The number of halogens is 3. The summed E-state index contributed by atoms with van der Waals surface area (Å²) in [6, 6.07) is -1.34. The molecule has 5 N–H and O–H groups in total. The van der Waals surface area contributed by atoms with Crippen LogP contribution in [0.25, 0.3) is 0 Å². The molecule has 0 saturated heterocycles. The topological polar surface area (TPSA) is 159 Å². The minimum absolute atomic E-state index is 0.105. The van der Waals surface area contributed by atoms with Gasteiger partial charge in [0.25, 0.3) is 5.91 Å². The Hall–Kier alpha value is -1.24. The van der Waals surface area contributed by atoms with Crippen molar-refractivity contribution >= 4 is 109 Å². The Labute approximate surface area is 213 Å².